The number of aryl methyl sites for hydroxylation is 2. The van der Waals surface area contributed by atoms with E-state index in [4.69, 9.17) is 31.5 Å². The van der Waals surface area contributed by atoms with E-state index in [2.05, 4.69) is 15.2 Å². The van der Waals surface area contributed by atoms with E-state index >= 15 is 0 Å². The lowest BCUT2D eigenvalue weighted by Gasteiger charge is -2.04. The van der Waals surface area contributed by atoms with Crippen molar-refractivity contribution in [3.8, 4) is 5.75 Å². The fourth-order valence-electron chi connectivity index (χ4n) is 3.63. The maximum atomic E-state index is 6.32. The molecule has 0 aliphatic heterocycles. The Morgan fingerprint density at radius 2 is 1.94 bits per heavy atom. The first-order valence-electron chi connectivity index (χ1n) is 10.1. The zero-order valence-electron chi connectivity index (χ0n) is 16.6. The van der Waals surface area contributed by atoms with Crippen molar-refractivity contribution in [2.24, 2.45) is 0 Å². The molecule has 0 radical (unpaired) electrons. The van der Waals surface area contributed by atoms with Crippen molar-refractivity contribution in [1.82, 2.24) is 20.2 Å². The third kappa shape index (κ3) is 4.63. The van der Waals surface area contributed by atoms with E-state index in [1.165, 1.54) is 41.5 Å². The molecule has 0 saturated carbocycles. The van der Waals surface area contributed by atoms with Crippen molar-refractivity contribution in [1.29, 1.82) is 0 Å². The molecule has 3 heterocycles. The highest BCUT2D eigenvalue weighted by molar-refractivity contribution is 7.98. The van der Waals surface area contributed by atoms with Crippen LogP contribution in [-0.2, 0) is 25.2 Å². The van der Waals surface area contributed by atoms with E-state index in [1.807, 2.05) is 0 Å². The smallest absolute Gasteiger partial charge is 0.277 e. The van der Waals surface area contributed by atoms with Crippen molar-refractivity contribution < 1.29 is 9.15 Å². The van der Waals surface area contributed by atoms with Crippen LogP contribution in [0.2, 0.25) is 5.02 Å². The van der Waals surface area contributed by atoms with Crippen molar-refractivity contribution in [2.75, 3.05) is 5.73 Å². The Labute approximate surface area is 192 Å². The number of thioether (sulfide) groups is 1. The number of benzene rings is 1. The number of anilines is 1. The zero-order valence-corrected chi connectivity index (χ0v) is 19.0. The lowest BCUT2D eigenvalue weighted by atomic mass is 10.1. The second-order valence-electron chi connectivity index (χ2n) is 7.26. The van der Waals surface area contributed by atoms with Gasteiger partial charge in [0.25, 0.3) is 11.1 Å². The Morgan fingerprint density at radius 1 is 1.10 bits per heavy atom. The van der Waals surface area contributed by atoms with Crippen LogP contribution >= 0.6 is 34.7 Å². The summed E-state index contributed by atoms with van der Waals surface area (Å²) in [7, 11) is 0. The molecule has 0 unspecified atom stereocenters. The molecule has 5 rings (SSSR count). The van der Waals surface area contributed by atoms with Crippen molar-refractivity contribution in [3.05, 3.63) is 51.4 Å². The molecule has 0 amide bonds. The highest BCUT2D eigenvalue weighted by Gasteiger charge is 2.19. The van der Waals surface area contributed by atoms with Crippen molar-refractivity contribution in [2.45, 2.75) is 49.7 Å². The lowest BCUT2D eigenvalue weighted by molar-refractivity contribution is 0.252. The first kappa shape index (κ1) is 20.5. The molecule has 7 nitrogen and oxygen atoms in total. The number of aromatic nitrogens is 4. The third-order valence-corrected chi connectivity index (χ3v) is 7.34. The number of fused-ring (bicyclic) bond motifs is 3. The second-order valence-corrected chi connectivity index (χ2v) is 9.71. The summed E-state index contributed by atoms with van der Waals surface area (Å²) in [5.74, 6) is 2.83. The Kier molecular flexibility index (Phi) is 5.97. The standard InChI is InChI=1S/C21H20ClN5O2S2/c22-12-6-8-13(9-7-12)28-10-17-26-27-21(29-17)30-11-16-24-19(23)18-14-4-2-1-3-5-15(14)31-20(18)25-16/h6-9H,1-5,10-11H2,(H2,23,24,25). The summed E-state index contributed by atoms with van der Waals surface area (Å²) in [5.41, 5.74) is 7.68. The molecule has 1 aliphatic carbocycles. The Balaban J connectivity index is 1.24. The summed E-state index contributed by atoms with van der Waals surface area (Å²) >= 11 is 9.02. The number of hydrogen-bond donors (Lipinski definition) is 1. The van der Waals surface area contributed by atoms with Crippen LogP contribution in [0, 0.1) is 0 Å². The summed E-state index contributed by atoms with van der Waals surface area (Å²) in [5, 5.41) is 10.2. The molecule has 0 atom stereocenters. The molecule has 4 aromatic rings. The molecule has 0 fully saturated rings. The van der Waals surface area contributed by atoms with Gasteiger partial charge in [0.15, 0.2) is 6.61 Å². The minimum Gasteiger partial charge on any atom is -0.484 e. The highest BCUT2D eigenvalue weighted by Crippen LogP contribution is 2.37. The Bertz CT molecular complexity index is 1210. The van der Waals surface area contributed by atoms with Gasteiger partial charge in [0.1, 0.15) is 22.2 Å². The number of thiophene rings is 1. The molecular weight excluding hydrogens is 454 g/mol. The van der Waals surface area contributed by atoms with Crippen LogP contribution in [0.4, 0.5) is 5.82 Å². The maximum Gasteiger partial charge on any atom is 0.277 e. The first-order chi connectivity index (χ1) is 15.2. The molecule has 0 spiro atoms. The van der Waals surface area contributed by atoms with E-state index in [1.54, 1.807) is 35.6 Å². The average Bonchev–Trinajstić information content (AvgIpc) is 3.29. The molecule has 31 heavy (non-hydrogen) atoms. The van der Waals surface area contributed by atoms with Crippen LogP contribution in [-0.4, -0.2) is 20.2 Å². The topological polar surface area (TPSA) is 100.0 Å². The monoisotopic (exact) mass is 473 g/mol. The minimum absolute atomic E-state index is 0.186. The third-order valence-electron chi connectivity index (χ3n) is 5.09. The van der Waals surface area contributed by atoms with Gasteiger partial charge >= 0.3 is 0 Å². The number of ether oxygens (including phenoxy) is 1. The van der Waals surface area contributed by atoms with Gasteiger partial charge in [-0.1, -0.05) is 29.8 Å². The van der Waals surface area contributed by atoms with E-state index in [-0.39, 0.29) is 6.61 Å². The van der Waals surface area contributed by atoms with Gasteiger partial charge in [-0.3, -0.25) is 0 Å². The second kappa shape index (κ2) is 9.02. The van der Waals surface area contributed by atoms with E-state index in [9.17, 15) is 0 Å². The van der Waals surface area contributed by atoms with Crippen molar-refractivity contribution >= 4 is 50.7 Å². The highest BCUT2D eigenvalue weighted by atomic mass is 35.5. The van der Waals surface area contributed by atoms with Gasteiger partial charge in [-0.2, -0.15) is 0 Å². The Morgan fingerprint density at radius 3 is 2.81 bits per heavy atom. The molecule has 10 heteroatoms. The summed E-state index contributed by atoms with van der Waals surface area (Å²) < 4.78 is 11.3. The van der Waals surface area contributed by atoms with E-state index in [0.717, 1.165) is 23.1 Å². The molecule has 3 aromatic heterocycles. The fraction of sp³-hybridized carbons (Fsp3) is 0.333. The number of nitrogens with two attached hydrogens (primary N) is 1. The molecule has 1 aromatic carbocycles. The number of nitrogens with zero attached hydrogens (tertiary/aromatic N) is 4. The van der Waals surface area contributed by atoms with Crippen LogP contribution < -0.4 is 10.5 Å². The summed E-state index contributed by atoms with van der Waals surface area (Å²) in [6, 6.07) is 7.10. The Hall–Kier alpha value is -2.36. The molecule has 0 bridgehead atoms. The van der Waals surface area contributed by atoms with Crippen LogP contribution in [0.3, 0.4) is 0 Å². The van der Waals surface area contributed by atoms with Gasteiger partial charge < -0.3 is 14.9 Å². The van der Waals surface area contributed by atoms with Crippen LogP contribution in [0.25, 0.3) is 10.2 Å². The van der Waals surface area contributed by atoms with Crippen LogP contribution in [0.5, 0.6) is 5.75 Å². The molecule has 0 saturated heterocycles. The molecule has 160 valence electrons. The molecular formula is C21H20ClN5O2S2. The SMILES string of the molecule is Nc1nc(CSc2nnc(COc3ccc(Cl)cc3)o2)nc2sc3c(c12)CCCCC3. The number of rotatable bonds is 6. The van der Waals surface area contributed by atoms with Gasteiger partial charge in [0.05, 0.1) is 11.1 Å². The first-order valence-corrected chi connectivity index (χ1v) is 12.2. The molecule has 2 N–H and O–H groups in total. The number of hydrogen-bond acceptors (Lipinski definition) is 9. The van der Waals surface area contributed by atoms with Gasteiger partial charge in [0.2, 0.25) is 0 Å². The fourth-order valence-corrected chi connectivity index (χ4v) is 5.68. The minimum atomic E-state index is 0.186. The number of nitrogen functional groups attached to an aromatic ring is 1. The van der Waals surface area contributed by atoms with Gasteiger partial charge in [-0.05, 0) is 55.5 Å². The predicted octanol–water partition coefficient (Wildman–Crippen LogP) is 5.45. The van der Waals surface area contributed by atoms with E-state index in [0.29, 0.717) is 39.3 Å². The largest absolute Gasteiger partial charge is 0.484 e. The lowest BCUT2D eigenvalue weighted by Crippen LogP contribution is -2.00. The van der Waals surface area contributed by atoms with Crippen LogP contribution in [0.1, 0.15) is 41.4 Å². The normalized spacial score (nSPS) is 13.8. The summed E-state index contributed by atoms with van der Waals surface area (Å²) in [6.45, 7) is 0.186. The molecule has 1 aliphatic rings. The summed E-state index contributed by atoms with van der Waals surface area (Å²) in [4.78, 5) is 11.7. The van der Waals surface area contributed by atoms with Gasteiger partial charge in [-0.25, -0.2) is 9.97 Å². The van der Waals surface area contributed by atoms with Crippen LogP contribution in [0.15, 0.2) is 33.9 Å². The van der Waals surface area contributed by atoms with Crippen molar-refractivity contribution in [3.63, 3.8) is 0 Å². The van der Waals surface area contributed by atoms with E-state index < -0.39 is 0 Å². The number of halogens is 1. The maximum absolute atomic E-state index is 6.32. The quantitative estimate of drug-likeness (QED) is 0.291. The van der Waals surface area contributed by atoms with Gasteiger partial charge in [-0.15, -0.1) is 21.5 Å². The zero-order chi connectivity index (χ0) is 21.2. The summed E-state index contributed by atoms with van der Waals surface area (Å²) in [6.07, 6.45) is 5.89. The van der Waals surface area contributed by atoms with Gasteiger partial charge in [0, 0.05) is 9.90 Å². The predicted molar refractivity (Wildman–Crippen MR) is 123 cm³/mol. The average molecular weight is 474 g/mol.